The maximum Gasteiger partial charge on any atom is 0.305 e. The van der Waals surface area contributed by atoms with Gasteiger partial charge in [0.1, 0.15) is 0 Å². The Morgan fingerprint density at radius 1 is 1.10 bits per heavy atom. The molecule has 0 radical (unpaired) electrons. The van der Waals surface area contributed by atoms with E-state index in [4.69, 9.17) is 5.11 Å². The number of anilines is 1. The number of nitrogens with zero attached hydrogens (tertiary/aromatic N) is 2. The number of aliphatic carboxylic acids is 1. The van der Waals surface area contributed by atoms with Crippen molar-refractivity contribution in [1.29, 1.82) is 0 Å². The predicted molar refractivity (Wildman–Crippen MR) is 83.6 cm³/mol. The molecular weight excluding hydrogens is 252 g/mol. The van der Waals surface area contributed by atoms with Crippen LogP contribution in [0.25, 0.3) is 0 Å². The summed E-state index contributed by atoms with van der Waals surface area (Å²) in [6.45, 7) is 6.63. The van der Waals surface area contributed by atoms with Gasteiger partial charge in [0.2, 0.25) is 0 Å². The van der Waals surface area contributed by atoms with Crippen LogP contribution in [0.15, 0.2) is 24.3 Å². The molecule has 0 saturated heterocycles. The largest absolute Gasteiger partial charge is 0.481 e. The van der Waals surface area contributed by atoms with Gasteiger partial charge in [-0.3, -0.25) is 4.79 Å². The average Bonchev–Trinajstić information content (AvgIpc) is 2.38. The van der Waals surface area contributed by atoms with Crippen molar-refractivity contribution in [3.63, 3.8) is 0 Å². The number of hydrogen-bond acceptors (Lipinski definition) is 3. The maximum absolute atomic E-state index is 10.8. The third-order valence-electron chi connectivity index (χ3n) is 3.34. The molecule has 20 heavy (non-hydrogen) atoms. The topological polar surface area (TPSA) is 43.8 Å². The normalized spacial score (nSPS) is 11.1. The number of benzene rings is 1. The molecule has 0 aliphatic heterocycles. The van der Waals surface area contributed by atoms with Gasteiger partial charge >= 0.3 is 5.97 Å². The van der Waals surface area contributed by atoms with Crippen LogP contribution >= 0.6 is 0 Å². The average molecular weight is 278 g/mol. The fourth-order valence-corrected chi connectivity index (χ4v) is 1.99. The van der Waals surface area contributed by atoms with E-state index in [-0.39, 0.29) is 6.42 Å². The van der Waals surface area contributed by atoms with Crippen LogP contribution in [0.1, 0.15) is 31.7 Å². The molecule has 1 aromatic rings. The summed E-state index contributed by atoms with van der Waals surface area (Å²) in [4.78, 5) is 15.0. The lowest BCUT2D eigenvalue weighted by atomic mass is 10.0. The molecule has 4 heteroatoms. The van der Waals surface area contributed by atoms with Crippen LogP contribution in [0.2, 0.25) is 0 Å². The van der Waals surface area contributed by atoms with Gasteiger partial charge < -0.3 is 14.9 Å². The van der Waals surface area contributed by atoms with Gasteiger partial charge in [-0.15, -0.1) is 0 Å². The Hall–Kier alpha value is -1.55. The minimum Gasteiger partial charge on any atom is -0.481 e. The van der Waals surface area contributed by atoms with E-state index in [1.165, 1.54) is 5.56 Å². The third-order valence-corrected chi connectivity index (χ3v) is 3.34. The minimum absolute atomic E-state index is 0.166. The Balaban J connectivity index is 2.76. The molecule has 0 heterocycles. The molecule has 0 atom stereocenters. The Morgan fingerprint density at radius 3 is 2.15 bits per heavy atom. The summed E-state index contributed by atoms with van der Waals surface area (Å²) in [5.74, 6) is -0.239. The number of rotatable bonds is 8. The van der Waals surface area contributed by atoms with Gasteiger partial charge in [0.25, 0.3) is 0 Å². The van der Waals surface area contributed by atoms with Crippen molar-refractivity contribution >= 4 is 11.7 Å². The highest BCUT2D eigenvalue weighted by Crippen LogP contribution is 2.20. The lowest BCUT2D eigenvalue weighted by molar-refractivity contribution is -0.136. The molecule has 0 aliphatic carbocycles. The first kappa shape index (κ1) is 16.5. The van der Waals surface area contributed by atoms with Gasteiger partial charge in [-0.05, 0) is 37.7 Å². The second-order valence-corrected chi connectivity index (χ2v) is 5.68. The highest BCUT2D eigenvalue weighted by Gasteiger charge is 2.09. The summed E-state index contributed by atoms with van der Waals surface area (Å²) in [7, 11) is 4.05. The molecule has 0 bridgehead atoms. The van der Waals surface area contributed by atoms with Gasteiger partial charge in [0.05, 0.1) is 6.42 Å². The molecule has 0 aliphatic rings. The SMILES string of the molecule is CC(C)c1ccc(N(CCC(=O)O)CCN(C)C)cc1. The molecule has 0 saturated carbocycles. The smallest absolute Gasteiger partial charge is 0.305 e. The van der Waals surface area contributed by atoms with Crippen LogP contribution in [0.3, 0.4) is 0 Å². The van der Waals surface area contributed by atoms with Gasteiger partial charge in [-0.2, -0.15) is 0 Å². The first-order valence-electron chi connectivity index (χ1n) is 7.11. The zero-order chi connectivity index (χ0) is 15.1. The van der Waals surface area contributed by atoms with E-state index in [9.17, 15) is 4.79 Å². The van der Waals surface area contributed by atoms with E-state index >= 15 is 0 Å². The Morgan fingerprint density at radius 2 is 1.70 bits per heavy atom. The first-order valence-corrected chi connectivity index (χ1v) is 7.11. The van der Waals surface area contributed by atoms with Crippen molar-refractivity contribution in [3.05, 3.63) is 29.8 Å². The van der Waals surface area contributed by atoms with Gasteiger partial charge in [0, 0.05) is 25.3 Å². The quantitative estimate of drug-likeness (QED) is 0.794. The van der Waals surface area contributed by atoms with Crippen molar-refractivity contribution in [2.24, 2.45) is 0 Å². The highest BCUT2D eigenvalue weighted by molar-refractivity contribution is 5.67. The number of hydrogen-bond donors (Lipinski definition) is 1. The Bertz CT molecular complexity index is 413. The first-order chi connectivity index (χ1) is 9.40. The molecule has 1 aromatic carbocycles. The van der Waals surface area contributed by atoms with Crippen molar-refractivity contribution in [2.75, 3.05) is 38.6 Å². The van der Waals surface area contributed by atoms with Gasteiger partial charge in [-0.25, -0.2) is 0 Å². The molecule has 0 aromatic heterocycles. The standard InChI is InChI=1S/C16H26N2O2/c1-13(2)14-5-7-15(8-6-14)18(10-9-16(19)20)12-11-17(3)4/h5-8,13H,9-12H2,1-4H3,(H,19,20). The Labute approximate surface area is 122 Å². The summed E-state index contributed by atoms with van der Waals surface area (Å²) in [5.41, 5.74) is 2.40. The van der Waals surface area contributed by atoms with Crippen molar-refractivity contribution in [2.45, 2.75) is 26.2 Å². The molecule has 4 nitrogen and oxygen atoms in total. The molecule has 0 spiro atoms. The van der Waals surface area contributed by atoms with Crippen LogP contribution in [0, 0.1) is 0 Å². The van der Waals surface area contributed by atoms with Crippen LogP contribution in [0.4, 0.5) is 5.69 Å². The van der Waals surface area contributed by atoms with E-state index in [2.05, 4.69) is 47.9 Å². The van der Waals surface area contributed by atoms with Crippen molar-refractivity contribution in [3.8, 4) is 0 Å². The lowest BCUT2D eigenvalue weighted by Gasteiger charge is -2.26. The number of carboxylic acids is 1. The summed E-state index contributed by atoms with van der Waals surface area (Å²) in [6.07, 6.45) is 0.166. The number of likely N-dealkylation sites (N-methyl/N-ethyl adjacent to an activating group) is 1. The molecule has 0 unspecified atom stereocenters. The van der Waals surface area contributed by atoms with Gasteiger partial charge in [0.15, 0.2) is 0 Å². The van der Waals surface area contributed by atoms with E-state index in [1.807, 2.05) is 14.1 Å². The molecule has 1 N–H and O–H groups in total. The number of carboxylic acid groups (broad SMARTS) is 1. The second kappa shape index (κ2) is 7.90. The third kappa shape index (κ3) is 5.61. The molecular formula is C16H26N2O2. The Kier molecular flexibility index (Phi) is 6.52. The number of carbonyl (C=O) groups is 1. The zero-order valence-corrected chi connectivity index (χ0v) is 13.0. The van der Waals surface area contributed by atoms with Crippen LogP contribution in [-0.2, 0) is 4.79 Å². The fraction of sp³-hybridized carbons (Fsp3) is 0.562. The predicted octanol–water partition coefficient (Wildman–Crippen LogP) is 2.65. The van der Waals surface area contributed by atoms with Crippen molar-refractivity contribution in [1.82, 2.24) is 4.90 Å². The molecule has 0 fully saturated rings. The zero-order valence-electron chi connectivity index (χ0n) is 13.0. The van der Waals surface area contributed by atoms with E-state index < -0.39 is 5.97 Å². The monoisotopic (exact) mass is 278 g/mol. The lowest BCUT2D eigenvalue weighted by Crippen LogP contribution is -2.33. The summed E-state index contributed by atoms with van der Waals surface area (Å²) >= 11 is 0. The van der Waals surface area contributed by atoms with Crippen LogP contribution < -0.4 is 4.90 Å². The van der Waals surface area contributed by atoms with Crippen LogP contribution in [0.5, 0.6) is 0 Å². The molecule has 112 valence electrons. The summed E-state index contributed by atoms with van der Waals surface area (Å²) in [5, 5.41) is 8.87. The van der Waals surface area contributed by atoms with E-state index in [0.29, 0.717) is 12.5 Å². The summed E-state index contributed by atoms with van der Waals surface area (Å²) < 4.78 is 0. The molecule has 0 amide bonds. The minimum atomic E-state index is -0.751. The summed E-state index contributed by atoms with van der Waals surface area (Å²) in [6, 6.07) is 8.44. The molecule has 1 rings (SSSR count). The highest BCUT2D eigenvalue weighted by atomic mass is 16.4. The van der Waals surface area contributed by atoms with Crippen molar-refractivity contribution < 1.29 is 9.90 Å². The van der Waals surface area contributed by atoms with Gasteiger partial charge in [-0.1, -0.05) is 26.0 Å². The van der Waals surface area contributed by atoms with E-state index in [0.717, 1.165) is 18.8 Å². The fourth-order valence-electron chi connectivity index (χ4n) is 1.99. The maximum atomic E-state index is 10.8. The van der Waals surface area contributed by atoms with Crippen LogP contribution in [-0.4, -0.2) is 49.7 Å². The van der Waals surface area contributed by atoms with E-state index in [1.54, 1.807) is 0 Å². The second-order valence-electron chi connectivity index (χ2n) is 5.68.